The molecule has 0 saturated heterocycles. The molecule has 1 N–H and O–H groups in total. The molecule has 0 aliphatic rings. The molecule has 0 aromatic heterocycles. The molecule has 3 rings (SSSR count). The van der Waals surface area contributed by atoms with Gasteiger partial charge in [0.2, 0.25) is 11.8 Å². The van der Waals surface area contributed by atoms with Gasteiger partial charge >= 0.3 is 0 Å². The molecule has 0 unspecified atom stereocenters. The van der Waals surface area contributed by atoms with Gasteiger partial charge in [-0.1, -0.05) is 43.7 Å². The summed E-state index contributed by atoms with van der Waals surface area (Å²) in [5, 5.41) is 2.79. The van der Waals surface area contributed by atoms with Gasteiger partial charge in [-0.25, -0.2) is 17.2 Å². The second kappa shape index (κ2) is 13.1. The van der Waals surface area contributed by atoms with E-state index >= 15 is 0 Å². The van der Waals surface area contributed by atoms with Gasteiger partial charge in [0.05, 0.1) is 10.6 Å². The monoisotopic (exact) mass is 543 g/mol. The zero-order chi connectivity index (χ0) is 27.7. The molecule has 0 spiro atoms. The first kappa shape index (κ1) is 28.8. The number of hydrogen-bond acceptors (Lipinski definition) is 4. The molecule has 0 radical (unpaired) electrons. The Bertz CT molecular complexity index is 1320. The molecule has 3 aromatic carbocycles. The van der Waals surface area contributed by atoms with Crippen molar-refractivity contribution in [3.63, 3.8) is 0 Å². The second-order valence-corrected chi connectivity index (χ2v) is 10.6. The van der Waals surface area contributed by atoms with E-state index in [0.717, 1.165) is 29.3 Å². The molecule has 0 fully saturated rings. The number of halogens is 2. The molecule has 1 atom stereocenters. The Kier molecular flexibility index (Phi) is 9.95. The van der Waals surface area contributed by atoms with Crippen molar-refractivity contribution in [3.8, 4) is 0 Å². The summed E-state index contributed by atoms with van der Waals surface area (Å²) in [4.78, 5) is 27.8. The molecule has 10 heteroatoms. The quantitative estimate of drug-likeness (QED) is 0.341. The van der Waals surface area contributed by atoms with Crippen molar-refractivity contribution in [2.24, 2.45) is 0 Å². The molecule has 0 heterocycles. The normalized spacial score (nSPS) is 12.0. The van der Waals surface area contributed by atoms with Crippen molar-refractivity contribution in [1.82, 2.24) is 10.2 Å². The fourth-order valence-electron chi connectivity index (χ4n) is 3.76. The van der Waals surface area contributed by atoms with Crippen LogP contribution < -0.4 is 9.62 Å². The van der Waals surface area contributed by atoms with Gasteiger partial charge in [0.15, 0.2) is 0 Å². The summed E-state index contributed by atoms with van der Waals surface area (Å²) in [6.07, 6.45) is 1.63. The van der Waals surface area contributed by atoms with E-state index in [2.05, 4.69) is 5.32 Å². The summed E-state index contributed by atoms with van der Waals surface area (Å²) >= 11 is 0. The first-order valence-corrected chi connectivity index (χ1v) is 13.7. The zero-order valence-electron chi connectivity index (χ0n) is 21.3. The first-order valence-electron chi connectivity index (χ1n) is 12.3. The average molecular weight is 544 g/mol. The molecule has 0 bridgehead atoms. The molecule has 7 nitrogen and oxygen atoms in total. The van der Waals surface area contributed by atoms with Crippen molar-refractivity contribution in [1.29, 1.82) is 0 Å². The lowest BCUT2D eigenvalue weighted by molar-refractivity contribution is -0.139. The van der Waals surface area contributed by atoms with Crippen LogP contribution in [0.1, 0.15) is 32.3 Å². The van der Waals surface area contributed by atoms with Gasteiger partial charge in [0, 0.05) is 13.1 Å². The summed E-state index contributed by atoms with van der Waals surface area (Å²) in [5.74, 6) is -2.06. The van der Waals surface area contributed by atoms with E-state index in [9.17, 15) is 26.8 Å². The summed E-state index contributed by atoms with van der Waals surface area (Å²) in [5.41, 5.74) is 0.651. The van der Waals surface area contributed by atoms with Crippen molar-refractivity contribution in [3.05, 3.63) is 96.1 Å². The van der Waals surface area contributed by atoms with Crippen LogP contribution in [0.4, 0.5) is 14.5 Å². The van der Waals surface area contributed by atoms with Crippen molar-refractivity contribution < 1.29 is 26.8 Å². The SMILES string of the molecule is CCCCNC(=O)[C@@H](C)N(Cc1ccc(F)cc1)C(=O)CN(c1ccc(F)cc1)S(=O)(=O)c1ccccc1. The highest BCUT2D eigenvalue weighted by Gasteiger charge is 2.32. The maximum absolute atomic E-state index is 13.7. The maximum Gasteiger partial charge on any atom is 0.264 e. The second-order valence-electron chi connectivity index (χ2n) is 8.77. The van der Waals surface area contributed by atoms with Crippen LogP contribution in [0, 0.1) is 11.6 Å². The zero-order valence-corrected chi connectivity index (χ0v) is 22.1. The molecule has 3 aromatic rings. The number of unbranched alkanes of at least 4 members (excludes halogenated alkanes) is 1. The minimum absolute atomic E-state index is 0.0485. The van der Waals surface area contributed by atoms with Gasteiger partial charge < -0.3 is 10.2 Å². The van der Waals surface area contributed by atoms with Gasteiger partial charge in [0.1, 0.15) is 24.2 Å². The molecule has 0 aliphatic heterocycles. The number of amides is 2. The highest BCUT2D eigenvalue weighted by molar-refractivity contribution is 7.92. The first-order chi connectivity index (χ1) is 18.1. The summed E-state index contributed by atoms with van der Waals surface area (Å²) < 4.78 is 55.2. The highest BCUT2D eigenvalue weighted by Crippen LogP contribution is 2.25. The Morgan fingerprint density at radius 1 is 0.895 bits per heavy atom. The van der Waals surface area contributed by atoms with Gasteiger partial charge in [-0.15, -0.1) is 0 Å². The van der Waals surface area contributed by atoms with Crippen LogP contribution in [-0.2, 0) is 26.2 Å². The minimum atomic E-state index is -4.22. The third kappa shape index (κ3) is 7.38. The Labute approximate surface area is 222 Å². The van der Waals surface area contributed by atoms with Crippen LogP contribution in [0.25, 0.3) is 0 Å². The van der Waals surface area contributed by atoms with Crippen molar-refractivity contribution >= 4 is 27.5 Å². The fourth-order valence-corrected chi connectivity index (χ4v) is 5.20. The van der Waals surface area contributed by atoms with Gasteiger partial charge in [-0.3, -0.25) is 13.9 Å². The topological polar surface area (TPSA) is 86.8 Å². The Balaban J connectivity index is 1.97. The summed E-state index contributed by atoms with van der Waals surface area (Å²) in [6, 6.07) is 16.9. The Morgan fingerprint density at radius 3 is 2.05 bits per heavy atom. The third-order valence-corrected chi connectivity index (χ3v) is 7.78. The van der Waals surface area contributed by atoms with E-state index in [1.165, 1.54) is 53.4 Å². The number of sulfonamides is 1. The van der Waals surface area contributed by atoms with Crippen LogP contribution in [0.15, 0.2) is 83.8 Å². The van der Waals surface area contributed by atoms with E-state index in [1.807, 2.05) is 6.92 Å². The van der Waals surface area contributed by atoms with Crippen LogP contribution in [0.2, 0.25) is 0 Å². The molecule has 38 heavy (non-hydrogen) atoms. The molecular weight excluding hydrogens is 512 g/mol. The van der Waals surface area contributed by atoms with Crippen LogP contribution in [0.5, 0.6) is 0 Å². The number of nitrogens with zero attached hydrogens (tertiary/aromatic N) is 2. The van der Waals surface area contributed by atoms with E-state index in [1.54, 1.807) is 25.1 Å². The third-order valence-electron chi connectivity index (χ3n) is 5.99. The van der Waals surface area contributed by atoms with Crippen LogP contribution in [-0.4, -0.2) is 44.3 Å². The van der Waals surface area contributed by atoms with E-state index < -0.39 is 46.1 Å². The number of carbonyl (C=O) groups is 2. The number of anilines is 1. The predicted molar refractivity (Wildman–Crippen MR) is 142 cm³/mol. The molecule has 0 saturated carbocycles. The van der Waals surface area contributed by atoms with Crippen LogP contribution >= 0.6 is 0 Å². The summed E-state index contributed by atoms with van der Waals surface area (Å²) in [6.45, 7) is 3.27. The Morgan fingerprint density at radius 2 is 1.47 bits per heavy atom. The number of nitrogens with one attached hydrogen (secondary N) is 1. The van der Waals surface area contributed by atoms with Gasteiger partial charge in [0.25, 0.3) is 10.0 Å². The smallest absolute Gasteiger partial charge is 0.264 e. The lowest BCUT2D eigenvalue weighted by atomic mass is 10.1. The Hall–Kier alpha value is -3.79. The minimum Gasteiger partial charge on any atom is -0.354 e. The number of carbonyl (C=O) groups excluding carboxylic acids is 2. The molecule has 2 amide bonds. The maximum atomic E-state index is 13.7. The highest BCUT2D eigenvalue weighted by atomic mass is 32.2. The number of benzene rings is 3. The number of rotatable bonds is 12. The van der Waals surface area contributed by atoms with Crippen molar-refractivity contribution in [2.75, 3.05) is 17.4 Å². The van der Waals surface area contributed by atoms with E-state index in [-0.39, 0.29) is 17.1 Å². The molecule has 0 aliphatic carbocycles. The van der Waals surface area contributed by atoms with E-state index in [0.29, 0.717) is 12.1 Å². The average Bonchev–Trinajstić information content (AvgIpc) is 2.92. The fraction of sp³-hybridized carbons (Fsp3) is 0.286. The summed E-state index contributed by atoms with van der Waals surface area (Å²) in [7, 11) is -4.22. The van der Waals surface area contributed by atoms with E-state index in [4.69, 9.17) is 0 Å². The van der Waals surface area contributed by atoms with Gasteiger partial charge in [-0.05, 0) is 67.4 Å². The standard InChI is InChI=1S/C28H31F2N3O4S/c1-3-4-18-31-28(35)21(2)32(19-22-10-12-23(29)13-11-22)27(34)20-33(25-16-14-24(30)15-17-25)38(36,37)26-8-6-5-7-9-26/h5-17,21H,3-4,18-20H2,1-2H3,(H,31,35)/t21-/m1/s1. The largest absolute Gasteiger partial charge is 0.354 e. The lowest BCUT2D eigenvalue weighted by Crippen LogP contribution is -2.51. The molecular formula is C28H31F2N3O4S. The predicted octanol–water partition coefficient (Wildman–Crippen LogP) is 4.49. The molecule has 202 valence electrons. The van der Waals surface area contributed by atoms with Crippen LogP contribution in [0.3, 0.4) is 0 Å². The number of hydrogen-bond donors (Lipinski definition) is 1. The van der Waals surface area contributed by atoms with Crippen molar-refractivity contribution in [2.45, 2.75) is 44.2 Å². The van der Waals surface area contributed by atoms with Gasteiger partial charge in [-0.2, -0.15) is 0 Å². The lowest BCUT2D eigenvalue weighted by Gasteiger charge is -2.32.